The van der Waals surface area contributed by atoms with Crippen LogP contribution < -0.4 is 14.8 Å². The highest BCUT2D eigenvalue weighted by atomic mass is 16.5. The first-order valence-electron chi connectivity index (χ1n) is 8.25. The molecule has 1 heterocycles. The average Bonchev–Trinajstić information content (AvgIpc) is 2.54. The van der Waals surface area contributed by atoms with Crippen molar-refractivity contribution in [2.45, 2.75) is 44.9 Å². The minimum absolute atomic E-state index is 0.0840. The Balaban J connectivity index is 1.72. The number of para-hydroxylation sites is 2. The largest absolute Gasteiger partial charge is 0.487 e. The van der Waals surface area contributed by atoms with Crippen LogP contribution in [0.4, 0.5) is 0 Å². The van der Waals surface area contributed by atoms with E-state index in [-0.39, 0.29) is 17.6 Å². The zero-order valence-corrected chi connectivity index (χ0v) is 14.3. The molecule has 1 aliphatic heterocycles. The van der Waals surface area contributed by atoms with Gasteiger partial charge in [0.2, 0.25) is 0 Å². The Hall–Kier alpha value is -2.49. The zero-order valence-electron chi connectivity index (χ0n) is 14.3. The molecule has 0 bridgehead atoms. The summed E-state index contributed by atoms with van der Waals surface area (Å²) in [4.78, 5) is 12.6. The molecule has 2 aromatic rings. The zero-order chi connectivity index (χ0) is 17.2. The minimum Gasteiger partial charge on any atom is -0.487 e. The highest BCUT2D eigenvalue weighted by Gasteiger charge is 2.35. The lowest BCUT2D eigenvalue weighted by Crippen LogP contribution is -2.44. The third-order valence-corrected chi connectivity index (χ3v) is 4.12. The molecule has 1 N–H and O–H groups in total. The lowest BCUT2D eigenvalue weighted by Gasteiger charge is -2.38. The van der Waals surface area contributed by atoms with Crippen molar-refractivity contribution in [2.24, 2.45) is 0 Å². The normalized spacial score (nSPS) is 19.5. The van der Waals surface area contributed by atoms with Crippen LogP contribution in [-0.2, 0) is 4.79 Å². The first-order valence-corrected chi connectivity index (χ1v) is 8.25. The number of carbonyl (C=O) groups is 1. The Labute approximate surface area is 142 Å². The van der Waals surface area contributed by atoms with Crippen LogP contribution in [0.15, 0.2) is 54.6 Å². The number of rotatable bonds is 4. The topological polar surface area (TPSA) is 47.6 Å². The third kappa shape index (κ3) is 3.70. The van der Waals surface area contributed by atoms with Crippen molar-refractivity contribution in [3.8, 4) is 11.5 Å². The number of nitrogens with one attached hydrogen (secondary N) is 1. The highest BCUT2D eigenvalue weighted by Crippen LogP contribution is 2.39. The van der Waals surface area contributed by atoms with Crippen molar-refractivity contribution in [3.05, 3.63) is 60.2 Å². The Morgan fingerprint density at radius 2 is 1.83 bits per heavy atom. The number of fused-ring (bicyclic) bond motifs is 1. The summed E-state index contributed by atoms with van der Waals surface area (Å²) in [5.74, 6) is 1.39. The first-order chi connectivity index (χ1) is 11.4. The van der Waals surface area contributed by atoms with Gasteiger partial charge in [-0.3, -0.25) is 4.79 Å². The van der Waals surface area contributed by atoms with Gasteiger partial charge in [-0.2, -0.15) is 0 Å². The summed E-state index contributed by atoms with van der Waals surface area (Å²) in [6.45, 7) is 5.83. The third-order valence-electron chi connectivity index (χ3n) is 4.12. The molecular formula is C20H23NO3. The number of hydrogen-bond donors (Lipinski definition) is 1. The fourth-order valence-electron chi connectivity index (χ4n) is 2.98. The maximum Gasteiger partial charge on any atom is 0.261 e. The van der Waals surface area contributed by atoms with Crippen LogP contribution in [0, 0.1) is 0 Å². The number of amides is 1. The smallest absolute Gasteiger partial charge is 0.261 e. The van der Waals surface area contributed by atoms with E-state index in [9.17, 15) is 4.79 Å². The lowest BCUT2D eigenvalue weighted by molar-refractivity contribution is -0.128. The molecule has 3 rings (SSSR count). The Morgan fingerprint density at radius 3 is 2.58 bits per heavy atom. The fourth-order valence-corrected chi connectivity index (χ4v) is 2.98. The van der Waals surface area contributed by atoms with Gasteiger partial charge < -0.3 is 14.8 Å². The van der Waals surface area contributed by atoms with Crippen LogP contribution in [0.2, 0.25) is 0 Å². The van der Waals surface area contributed by atoms with Gasteiger partial charge in [0.1, 0.15) is 17.1 Å². The summed E-state index contributed by atoms with van der Waals surface area (Å²) in [6, 6.07) is 17.1. The molecule has 0 fully saturated rings. The molecule has 4 heteroatoms. The van der Waals surface area contributed by atoms with Gasteiger partial charge in [-0.05, 0) is 39.0 Å². The van der Waals surface area contributed by atoms with Gasteiger partial charge in [-0.25, -0.2) is 0 Å². The van der Waals surface area contributed by atoms with Crippen LogP contribution in [0.5, 0.6) is 11.5 Å². The van der Waals surface area contributed by atoms with Crippen LogP contribution in [0.25, 0.3) is 0 Å². The summed E-state index contributed by atoms with van der Waals surface area (Å²) in [5, 5.41) is 3.11. The minimum atomic E-state index is -0.564. The molecule has 1 aliphatic rings. The van der Waals surface area contributed by atoms with E-state index in [1.165, 1.54) is 0 Å². The van der Waals surface area contributed by atoms with E-state index in [2.05, 4.69) is 5.32 Å². The number of ether oxygens (including phenoxy) is 2. The Morgan fingerprint density at radius 1 is 1.17 bits per heavy atom. The molecule has 0 unspecified atom stereocenters. The summed E-state index contributed by atoms with van der Waals surface area (Å²) < 4.78 is 11.7. The molecule has 1 amide bonds. The second-order valence-corrected chi connectivity index (χ2v) is 6.74. The van der Waals surface area contributed by atoms with Gasteiger partial charge in [0.05, 0.1) is 6.04 Å². The van der Waals surface area contributed by atoms with E-state index in [1.807, 2.05) is 68.4 Å². The van der Waals surface area contributed by atoms with Crippen LogP contribution in [-0.4, -0.2) is 17.6 Å². The maximum atomic E-state index is 12.6. The number of benzene rings is 2. The SMILES string of the molecule is C[C@@H](Oc1ccccc1)C(=O)N[C@H]1CC(C)(C)Oc2ccccc21. The van der Waals surface area contributed by atoms with E-state index in [0.29, 0.717) is 12.2 Å². The molecule has 2 atom stereocenters. The van der Waals surface area contributed by atoms with Crippen molar-refractivity contribution in [1.29, 1.82) is 0 Å². The molecule has 0 radical (unpaired) electrons. The molecule has 0 spiro atoms. The van der Waals surface area contributed by atoms with Gasteiger partial charge in [0.15, 0.2) is 6.10 Å². The second-order valence-electron chi connectivity index (χ2n) is 6.74. The quantitative estimate of drug-likeness (QED) is 0.928. The van der Waals surface area contributed by atoms with Crippen molar-refractivity contribution in [1.82, 2.24) is 5.32 Å². The standard InChI is InChI=1S/C20H23NO3/c1-14(23-15-9-5-4-6-10-15)19(22)21-17-13-20(2,3)24-18-12-8-7-11-16(17)18/h4-12,14,17H,13H2,1-3H3,(H,21,22)/t14-,17+/m1/s1. The molecule has 0 saturated heterocycles. The Kier molecular flexibility index (Phi) is 4.47. The predicted octanol–water partition coefficient (Wildman–Crippen LogP) is 3.87. The predicted molar refractivity (Wildman–Crippen MR) is 93.2 cm³/mol. The number of carbonyl (C=O) groups excluding carboxylic acids is 1. The van der Waals surface area contributed by atoms with Gasteiger partial charge in [-0.15, -0.1) is 0 Å². The molecule has 0 aliphatic carbocycles. The van der Waals surface area contributed by atoms with Crippen molar-refractivity contribution in [3.63, 3.8) is 0 Å². The van der Waals surface area contributed by atoms with E-state index >= 15 is 0 Å². The summed E-state index contributed by atoms with van der Waals surface area (Å²) in [7, 11) is 0. The number of hydrogen-bond acceptors (Lipinski definition) is 3. The fraction of sp³-hybridized carbons (Fsp3) is 0.350. The molecule has 126 valence electrons. The molecule has 4 nitrogen and oxygen atoms in total. The van der Waals surface area contributed by atoms with Crippen molar-refractivity contribution in [2.75, 3.05) is 0 Å². The van der Waals surface area contributed by atoms with Crippen LogP contribution >= 0.6 is 0 Å². The van der Waals surface area contributed by atoms with Crippen LogP contribution in [0.3, 0.4) is 0 Å². The summed E-state index contributed by atoms with van der Waals surface area (Å²) in [6.07, 6.45) is 0.152. The average molecular weight is 325 g/mol. The molecule has 0 saturated carbocycles. The van der Waals surface area contributed by atoms with E-state index in [4.69, 9.17) is 9.47 Å². The van der Waals surface area contributed by atoms with Gasteiger partial charge in [0, 0.05) is 12.0 Å². The molecule has 24 heavy (non-hydrogen) atoms. The summed E-state index contributed by atoms with van der Waals surface area (Å²) in [5.41, 5.74) is 0.688. The maximum absolute atomic E-state index is 12.6. The van der Waals surface area contributed by atoms with Crippen molar-refractivity contribution >= 4 is 5.91 Å². The molecule has 0 aromatic heterocycles. The lowest BCUT2D eigenvalue weighted by atomic mass is 9.89. The molecule has 2 aromatic carbocycles. The first kappa shape index (κ1) is 16.4. The summed E-state index contributed by atoms with van der Waals surface area (Å²) >= 11 is 0. The van der Waals surface area contributed by atoms with E-state index < -0.39 is 6.10 Å². The van der Waals surface area contributed by atoms with Crippen molar-refractivity contribution < 1.29 is 14.3 Å². The van der Waals surface area contributed by atoms with Gasteiger partial charge >= 0.3 is 0 Å². The highest BCUT2D eigenvalue weighted by molar-refractivity contribution is 5.81. The Bertz CT molecular complexity index is 712. The van der Waals surface area contributed by atoms with Gasteiger partial charge in [-0.1, -0.05) is 36.4 Å². The monoisotopic (exact) mass is 325 g/mol. The molecular weight excluding hydrogens is 302 g/mol. The van der Waals surface area contributed by atoms with Gasteiger partial charge in [0.25, 0.3) is 5.91 Å². The van der Waals surface area contributed by atoms with E-state index in [1.54, 1.807) is 6.92 Å². The van der Waals surface area contributed by atoms with Crippen LogP contribution in [0.1, 0.15) is 38.8 Å². The van der Waals surface area contributed by atoms with E-state index in [0.717, 1.165) is 11.3 Å². The second kappa shape index (κ2) is 6.56.